The normalized spacial score (nSPS) is 14.2. The number of rotatable bonds is 12. The average molecular weight is 368 g/mol. The van der Waals surface area contributed by atoms with Gasteiger partial charge in [-0.3, -0.25) is 9.89 Å². The molecule has 1 atom stereocenters. The summed E-state index contributed by atoms with van der Waals surface area (Å²) in [6.07, 6.45) is -1.82. The maximum atomic E-state index is 12.3. The minimum Gasteiger partial charge on any atom is -0.396 e. The van der Waals surface area contributed by atoms with Crippen molar-refractivity contribution in [3.8, 4) is 0 Å². The summed E-state index contributed by atoms with van der Waals surface area (Å²) in [6, 6.07) is 0. The first-order valence-corrected chi connectivity index (χ1v) is 9.06. The molecule has 3 N–H and O–H groups in total. The lowest BCUT2D eigenvalue weighted by molar-refractivity contribution is -0.143. The molecule has 0 aromatic heterocycles. The van der Waals surface area contributed by atoms with Crippen molar-refractivity contribution < 1.29 is 18.3 Å². The van der Waals surface area contributed by atoms with E-state index in [1.807, 2.05) is 6.92 Å². The van der Waals surface area contributed by atoms with Crippen molar-refractivity contribution in [3.63, 3.8) is 0 Å². The summed E-state index contributed by atoms with van der Waals surface area (Å²) in [5.74, 6) is 1.55. The van der Waals surface area contributed by atoms with Gasteiger partial charge in [0.2, 0.25) is 0 Å². The van der Waals surface area contributed by atoms with Crippen LogP contribution in [0.25, 0.3) is 0 Å². The van der Waals surface area contributed by atoms with E-state index in [4.69, 9.17) is 5.11 Å². The van der Waals surface area contributed by atoms with E-state index in [-0.39, 0.29) is 6.61 Å². The molecular weight excluding hydrogens is 333 g/mol. The monoisotopic (exact) mass is 368 g/mol. The highest BCUT2D eigenvalue weighted by Gasteiger charge is 2.28. The fourth-order valence-corrected chi connectivity index (χ4v) is 2.64. The van der Waals surface area contributed by atoms with E-state index in [1.54, 1.807) is 0 Å². The summed E-state index contributed by atoms with van der Waals surface area (Å²) >= 11 is 0. The van der Waals surface area contributed by atoms with Crippen molar-refractivity contribution in [3.05, 3.63) is 0 Å². The summed E-state index contributed by atoms with van der Waals surface area (Å²) in [5, 5.41) is 15.5. The Balaban J connectivity index is 4.30. The molecule has 0 saturated heterocycles. The quantitative estimate of drug-likeness (QED) is 0.281. The van der Waals surface area contributed by atoms with E-state index in [1.165, 1.54) is 11.9 Å². The van der Waals surface area contributed by atoms with Crippen molar-refractivity contribution in [2.75, 3.05) is 46.4 Å². The lowest BCUT2D eigenvalue weighted by atomic mass is 9.94. The molecule has 0 aromatic carbocycles. The number of hydrogen-bond acceptors (Lipinski definition) is 3. The van der Waals surface area contributed by atoms with Crippen LogP contribution in [0.5, 0.6) is 0 Å². The van der Waals surface area contributed by atoms with Gasteiger partial charge in [0.05, 0.1) is 6.54 Å². The van der Waals surface area contributed by atoms with E-state index in [2.05, 4.69) is 29.5 Å². The summed E-state index contributed by atoms with van der Waals surface area (Å²) in [5.41, 5.74) is 0. The molecule has 0 bridgehead atoms. The standard InChI is InChI=1S/C17H35F3N4O/c1-5-21-16(23-12-15(7-10-25)11-14(2)3)22-8-6-9-24(4)13-17(18,19)20/h14-15,25H,5-13H2,1-4H3,(H2,21,22,23). The van der Waals surface area contributed by atoms with Crippen LogP contribution in [-0.2, 0) is 0 Å². The van der Waals surface area contributed by atoms with Gasteiger partial charge in [0.15, 0.2) is 5.96 Å². The Bertz CT molecular complexity index is 362. The van der Waals surface area contributed by atoms with Gasteiger partial charge in [0, 0.05) is 26.2 Å². The number of nitrogens with one attached hydrogen (secondary N) is 2. The van der Waals surface area contributed by atoms with E-state index in [9.17, 15) is 13.2 Å². The Morgan fingerprint density at radius 3 is 2.44 bits per heavy atom. The van der Waals surface area contributed by atoms with E-state index >= 15 is 0 Å². The molecule has 8 heteroatoms. The maximum absolute atomic E-state index is 12.3. The zero-order chi connectivity index (χ0) is 19.3. The predicted molar refractivity (Wildman–Crippen MR) is 96.8 cm³/mol. The SMILES string of the molecule is CCNC(=NCC(CCO)CC(C)C)NCCCN(C)CC(F)(F)F. The van der Waals surface area contributed by atoms with Crippen molar-refractivity contribution >= 4 is 5.96 Å². The van der Waals surface area contributed by atoms with Crippen LogP contribution >= 0.6 is 0 Å². The van der Waals surface area contributed by atoms with Crippen LogP contribution in [0.15, 0.2) is 4.99 Å². The molecule has 0 fully saturated rings. The molecule has 150 valence electrons. The van der Waals surface area contributed by atoms with Crippen LogP contribution in [0.1, 0.15) is 40.0 Å². The molecule has 0 aliphatic heterocycles. The number of aliphatic hydroxyl groups is 1. The van der Waals surface area contributed by atoms with E-state index in [0.29, 0.717) is 50.4 Å². The molecule has 0 aliphatic carbocycles. The van der Waals surface area contributed by atoms with Crippen LogP contribution in [0.2, 0.25) is 0 Å². The van der Waals surface area contributed by atoms with Gasteiger partial charge < -0.3 is 15.7 Å². The molecule has 0 aromatic rings. The molecule has 1 unspecified atom stereocenters. The second kappa shape index (κ2) is 13.2. The van der Waals surface area contributed by atoms with E-state index < -0.39 is 12.7 Å². The molecule has 0 rings (SSSR count). The lowest BCUT2D eigenvalue weighted by Gasteiger charge is -2.19. The van der Waals surface area contributed by atoms with Gasteiger partial charge in [-0.2, -0.15) is 13.2 Å². The molecule has 25 heavy (non-hydrogen) atoms. The first kappa shape index (κ1) is 24.0. The minimum atomic E-state index is -4.16. The van der Waals surface area contributed by atoms with Crippen LogP contribution < -0.4 is 10.6 Å². The fourth-order valence-electron chi connectivity index (χ4n) is 2.64. The Kier molecular flexibility index (Phi) is 12.7. The highest BCUT2D eigenvalue weighted by Crippen LogP contribution is 2.16. The molecule has 0 heterocycles. The third-order valence-corrected chi connectivity index (χ3v) is 3.65. The molecule has 0 saturated carbocycles. The van der Waals surface area contributed by atoms with Crippen molar-refractivity contribution in [2.45, 2.75) is 46.2 Å². The number of hydrogen-bond donors (Lipinski definition) is 3. The first-order chi connectivity index (χ1) is 11.7. The first-order valence-electron chi connectivity index (χ1n) is 9.06. The predicted octanol–water partition coefficient (Wildman–Crippen LogP) is 2.47. The number of halogens is 3. The Morgan fingerprint density at radius 2 is 1.92 bits per heavy atom. The number of nitrogens with zero attached hydrogens (tertiary/aromatic N) is 2. The maximum Gasteiger partial charge on any atom is 0.401 e. The lowest BCUT2D eigenvalue weighted by Crippen LogP contribution is -2.39. The molecular formula is C17H35F3N4O. The van der Waals surface area contributed by atoms with Gasteiger partial charge in [-0.25, -0.2) is 0 Å². The Labute approximate surface area is 150 Å². The summed E-state index contributed by atoms with van der Waals surface area (Å²) in [6.45, 7) is 7.80. The highest BCUT2D eigenvalue weighted by molar-refractivity contribution is 5.79. The van der Waals surface area contributed by atoms with Gasteiger partial charge in [0.1, 0.15) is 0 Å². The number of guanidine groups is 1. The van der Waals surface area contributed by atoms with Gasteiger partial charge >= 0.3 is 6.18 Å². The van der Waals surface area contributed by atoms with Gasteiger partial charge in [-0.05, 0) is 51.6 Å². The third-order valence-electron chi connectivity index (χ3n) is 3.65. The van der Waals surface area contributed by atoms with Gasteiger partial charge in [0.25, 0.3) is 0 Å². The molecule has 5 nitrogen and oxygen atoms in total. The minimum absolute atomic E-state index is 0.155. The highest BCUT2D eigenvalue weighted by atomic mass is 19.4. The fraction of sp³-hybridized carbons (Fsp3) is 0.941. The van der Waals surface area contributed by atoms with Crippen molar-refractivity contribution in [1.29, 1.82) is 0 Å². The topological polar surface area (TPSA) is 59.9 Å². The number of aliphatic imine (C=N–C) groups is 1. The Hall–Kier alpha value is -1.02. The summed E-state index contributed by atoms with van der Waals surface area (Å²) in [4.78, 5) is 5.82. The number of alkyl halides is 3. The zero-order valence-corrected chi connectivity index (χ0v) is 16.0. The summed E-state index contributed by atoms with van der Waals surface area (Å²) < 4.78 is 36.8. The molecule has 0 radical (unpaired) electrons. The van der Waals surface area contributed by atoms with Gasteiger partial charge in [-0.1, -0.05) is 13.8 Å². The zero-order valence-electron chi connectivity index (χ0n) is 16.0. The van der Waals surface area contributed by atoms with Crippen molar-refractivity contribution in [1.82, 2.24) is 15.5 Å². The molecule has 0 spiro atoms. The van der Waals surface area contributed by atoms with Crippen LogP contribution in [-0.4, -0.2) is 68.5 Å². The van der Waals surface area contributed by atoms with Gasteiger partial charge in [-0.15, -0.1) is 0 Å². The second-order valence-corrected chi connectivity index (χ2v) is 6.86. The molecule has 0 aliphatic rings. The average Bonchev–Trinajstić information content (AvgIpc) is 2.46. The van der Waals surface area contributed by atoms with Crippen molar-refractivity contribution in [2.24, 2.45) is 16.8 Å². The summed E-state index contributed by atoms with van der Waals surface area (Å²) in [7, 11) is 1.47. The number of aliphatic hydroxyl groups excluding tert-OH is 1. The third kappa shape index (κ3) is 15.0. The second-order valence-electron chi connectivity index (χ2n) is 6.86. The molecule has 0 amide bonds. The Morgan fingerprint density at radius 1 is 1.24 bits per heavy atom. The van der Waals surface area contributed by atoms with Crippen LogP contribution in [0, 0.1) is 11.8 Å². The largest absolute Gasteiger partial charge is 0.401 e. The smallest absolute Gasteiger partial charge is 0.396 e. The van der Waals surface area contributed by atoms with Crippen LogP contribution in [0.3, 0.4) is 0 Å². The van der Waals surface area contributed by atoms with Crippen LogP contribution in [0.4, 0.5) is 13.2 Å². The van der Waals surface area contributed by atoms with E-state index in [0.717, 1.165) is 12.8 Å².